The first-order valence-electron chi connectivity index (χ1n) is 9.27. The van der Waals surface area contributed by atoms with Crippen molar-refractivity contribution in [3.05, 3.63) is 53.0 Å². The summed E-state index contributed by atoms with van der Waals surface area (Å²) in [6, 6.07) is 3.41. The molecule has 2 aromatic rings. The van der Waals surface area contributed by atoms with Crippen molar-refractivity contribution in [1.82, 2.24) is 15.3 Å². The van der Waals surface area contributed by atoms with Gasteiger partial charge in [-0.15, -0.1) is 0 Å². The molecular formula is C20H23F2N5O2. The maximum Gasteiger partial charge on any atom is 0.320 e. The van der Waals surface area contributed by atoms with Gasteiger partial charge in [0.25, 0.3) is 0 Å². The van der Waals surface area contributed by atoms with Crippen LogP contribution in [-0.4, -0.2) is 33.1 Å². The molecule has 0 saturated heterocycles. The minimum atomic E-state index is -0.878. The molecule has 0 saturated carbocycles. The highest BCUT2D eigenvalue weighted by Crippen LogP contribution is 2.25. The summed E-state index contributed by atoms with van der Waals surface area (Å²) in [5, 5.41) is 20.4. The van der Waals surface area contributed by atoms with Gasteiger partial charge in [0.2, 0.25) is 0 Å². The fraction of sp³-hybridized carbons (Fsp3) is 0.400. The van der Waals surface area contributed by atoms with Crippen LogP contribution < -0.4 is 11.1 Å². The molecule has 4 N–H and O–H groups in total. The molecule has 0 amide bonds. The first-order chi connectivity index (χ1) is 13.8. The van der Waals surface area contributed by atoms with Crippen molar-refractivity contribution < 1.29 is 18.7 Å². The van der Waals surface area contributed by atoms with Crippen LogP contribution in [0.3, 0.4) is 0 Å². The van der Waals surface area contributed by atoms with Crippen LogP contribution in [0, 0.1) is 23.0 Å². The maximum atomic E-state index is 13.8. The van der Waals surface area contributed by atoms with Crippen LogP contribution in [0.25, 0.3) is 0 Å². The summed E-state index contributed by atoms with van der Waals surface area (Å²) in [5.41, 5.74) is 6.69. The number of nitriles is 1. The van der Waals surface area contributed by atoms with E-state index in [0.717, 1.165) is 12.5 Å². The highest BCUT2D eigenvalue weighted by atomic mass is 19.1. The van der Waals surface area contributed by atoms with Crippen molar-refractivity contribution in [3.8, 4) is 6.07 Å². The number of nitrogen functional groups attached to an aromatic ring is 1. The Morgan fingerprint density at radius 2 is 2.17 bits per heavy atom. The number of nitrogens with one attached hydrogen (secondary N) is 1. The third-order valence-electron chi connectivity index (χ3n) is 4.56. The van der Waals surface area contributed by atoms with Gasteiger partial charge in [-0.3, -0.25) is 4.79 Å². The summed E-state index contributed by atoms with van der Waals surface area (Å²) in [7, 11) is 0. The number of halogens is 2. The van der Waals surface area contributed by atoms with Crippen LogP contribution in [0.2, 0.25) is 0 Å². The van der Waals surface area contributed by atoms with Gasteiger partial charge in [-0.25, -0.2) is 18.7 Å². The van der Waals surface area contributed by atoms with Crippen LogP contribution in [-0.2, 0) is 17.6 Å². The molecule has 9 heteroatoms. The number of rotatable bonds is 5. The number of benzene rings is 1. The molecule has 0 bridgehead atoms. The van der Waals surface area contributed by atoms with Crippen molar-refractivity contribution in [3.63, 3.8) is 0 Å². The molecule has 29 heavy (non-hydrogen) atoms. The lowest BCUT2D eigenvalue weighted by atomic mass is 9.87. The lowest BCUT2D eigenvalue weighted by Gasteiger charge is -2.28. The third kappa shape index (κ3) is 6.47. The normalized spacial score (nSPS) is 16.0. The number of nitrogens with two attached hydrogens (primary N) is 1. The molecule has 1 aromatic heterocycles. The van der Waals surface area contributed by atoms with Gasteiger partial charge < -0.3 is 16.2 Å². The number of carboxylic acid groups (broad SMARTS) is 1. The van der Waals surface area contributed by atoms with E-state index in [4.69, 9.17) is 16.1 Å². The smallest absolute Gasteiger partial charge is 0.320 e. The second-order valence-electron chi connectivity index (χ2n) is 6.75. The van der Waals surface area contributed by atoms with Gasteiger partial charge in [0, 0.05) is 12.1 Å². The van der Waals surface area contributed by atoms with Crippen molar-refractivity contribution in [1.29, 1.82) is 5.26 Å². The Hall–Kier alpha value is -3.12. The van der Waals surface area contributed by atoms with Crippen LogP contribution in [0.15, 0.2) is 24.5 Å². The Morgan fingerprint density at radius 1 is 1.41 bits per heavy atom. The Kier molecular flexibility index (Phi) is 7.98. The first kappa shape index (κ1) is 22.2. The molecule has 0 spiro atoms. The minimum absolute atomic E-state index is 0.0740. The SMILES string of the molecule is CCCC(NC1CCc2cc(F)cc(F)c2C1)C(=O)O.N#Cc1cnc(N)cn1. The van der Waals surface area contributed by atoms with E-state index >= 15 is 0 Å². The zero-order chi connectivity index (χ0) is 21.4. The molecule has 154 valence electrons. The average molecular weight is 403 g/mol. The van der Waals surface area contributed by atoms with Gasteiger partial charge in [0.15, 0.2) is 5.69 Å². The van der Waals surface area contributed by atoms with E-state index in [1.54, 1.807) is 0 Å². The molecule has 0 fully saturated rings. The molecule has 2 atom stereocenters. The number of nitrogens with zero attached hydrogens (tertiary/aromatic N) is 3. The molecule has 1 aromatic carbocycles. The quantitative estimate of drug-likeness (QED) is 0.701. The maximum absolute atomic E-state index is 13.8. The number of aryl methyl sites for hydroxylation is 1. The summed E-state index contributed by atoms with van der Waals surface area (Å²) in [4.78, 5) is 18.4. The monoisotopic (exact) mass is 403 g/mol. The lowest BCUT2D eigenvalue weighted by Crippen LogP contribution is -2.45. The molecular weight excluding hydrogens is 380 g/mol. The first-order valence-corrected chi connectivity index (χ1v) is 9.27. The van der Waals surface area contributed by atoms with Gasteiger partial charge in [0.05, 0.1) is 12.4 Å². The van der Waals surface area contributed by atoms with Crippen molar-refractivity contribution in [2.75, 3.05) is 5.73 Å². The molecule has 2 unspecified atom stereocenters. The molecule has 1 aliphatic carbocycles. The van der Waals surface area contributed by atoms with E-state index in [-0.39, 0.29) is 11.7 Å². The molecule has 0 radical (unpaired) electrons. The number of carbonyl (C=O) groups is 1. The molecule has 7 nitrogen and oxygen atoms in total. The summed E-state index contributed by atoms with van der Waals surface area (Å²) >= 11 is 0. The summed E-state index contributed by atoms with van der Waals surface area (Å²) in [6.07, 6.45) is 5.67. The summed E-state index contributed by atoms with van der Waals surface area (Å²) in [6.45, 7) is 1.93. The van der Waals surface area contributed by atoms with Crippen LogP contribution in [0.4, 0.5) is 14.6 Å². The Morgan fingerprint density at radius 3 is 2.76 bits per heavy atom. The van der Waals surface area contributed by atoms with Crippen LogP contribution in [0.5, 0.6) is 0 Å². The zero-order valence-electron chi connectivity index (χ0n) is 16.0. The van der Waals surface area contributed by atoms with Crippen LogP contribution in [0.1, 0.15) is 43.0 Å². The summed E-state index contributed by atoms with van der Waals surface area (Å²) in [5.74, 6) is -1.64. The highest BCUT2D eigenvalue weighted by molar-refractivity contribution is 5.73. The van der Waals surface area contributed by atoms with E-state index in [1.807, 2.05) is 13.0 Å². The lowest BCUT2D eigenvalue weighted by molar-refractivity contribution is -0.139. The largest absolute Gasteiger partial charge is 0.480 e. The van der Waals surface area contributed by atoms with E-state index in [9.17, 15) is 13.6 Å². The van der Waals surface area contributed by atoms with Crippen LogP contribution >= 0.6 is 0 Å². The number of carboxylic acids is 1. The molecule has 3 rings (SSSR count). The Bertz CT molecular complexity index is 884. The highest BCUT2D eigenvalue weighted by Gasteiger charge is 2.26. The second kappa shape index (κ2) is 10.4. The van der Waals surface area contributed by atoms with Gasteiger partial charge in [-0.2, -0.15) is 5.26 Å². The molecule has 1 heterocycles. The van der Waals surface area contributed by atoms with E-state index in [1.165, 1.54) is 18.5 Å². The second-order valence-corrected chi connectivity index (χ2v) is 6.75. The Balaban J connectivity index is 0.000000278. The minimum Gasteiger partial charge on any atom is -0.480 e. The number of anilines is 1. The third-order valence-corrected chi connectivity index (χ3v) is 4.56. The molecule has 0 aliphatic heterocycles. The topological polar surface area (TPSA) is 125 Å². The van der Waals surface area contributed by atoms with E-state index < -0.39 is 23.6 Å². The number of hydrogen-bond acceptors (Lipinski definition) is 6. The summed E-state index contributed by atoms with van der Waals surface area (Å²) < 4.78 is 26.9. The fourth-order valence-electron chi connectivity index (χ4n) is 3.18. The molecule has 1 aliphatic rings. The number of fused-ring (bicyclic) bond motifs is 1. The number of aromatic nitrogens is 2. The van der Waals surface area contributed by atoms with Gasteiger partial charge in [-0.1, -0.05) is 13.3 Å². The fourth-order valence-corrected chi connectivity index (χ4v) is 3.18. The van der Waals surface area contributed by atoms with Crippen molar-refractivity contribution in [2.45, 2.75) is 51.1 Å². The number of aliphatic carboxylic acids is 1. The van der Waals surface area contributed by atoms with Crippen molar-refractivity contribution >= 4 is 11.8 Å². The van der Waals surface area contributed by atoms with Crippen molar-refractivity contribution in [2.24, 2.45) is 0 Å². The average Bonchev–Trinajstić information content (AvgIpc) is 2.69. The Labute approximate surface area is 167 Å². The van der Waals surface area contributed by atoms with Gasteiger partial charge >= 0.3 is 5.97 Å². The predicted octanol–water partition coefficient (Wildman–Crippen LogP) is 2.60. The predicted molar refractivity (Wildman–Crippen MR) is 103 cm³/mol. The zero-order valence-corrected chi connectivity index (χ0v) is 16.0. The van der Waals surface area contributed by atoms with E-state index in [2.05, 4.69) is 15.3 Å². The number of hydrogen-bond donors (Lipinski definition) is 3. The van der Waals surface area contributed by atoms with E-state index in [0.29, 0.717) is 42.6 Å². The van der Waals surface area contributed by atoms with Gasteiger partial charge in [0.1, 0.15) is 29.6 Å². The van der Waals surface area contributed by atoms with Gasteiger partial charge in [-0.05, 0) is 42.9 Å². The standard InChI is InChI=1S/C15H19F2NO2.C5H4N4/c1-2-3-14(15(19)20)18-11-5-4-9-6-10(16)7-13(17)12(9)8-11;6-1-4-2-9-5(7)3-8-4/h6-7,11,14,18H,2-5,8H2,1H3,(H,19,20);2-3H,(H2,7,9).